The molecule has 1 fully saturated rings. The summed E-state index contributed by atoms with van der Waals surface area (Å²) >= 11 is 0. The first-order valence-corrected chi connectivity index (χ1v) is 12.3. The van der Waals surface area contributed by atoms with Gasteiger partial charge in [0.25, 0.3) is 11.8 Å². The highest BCUT2D eigenvalue weighted by atomic mass is 16.2. The largest absolute Gasteiger partial charge is 0.350 e. The van der Waals surface area contributed by atoms with Crippen molar-refractivity contribution in [1.29, 1.82) is 0 Å². The maximum absolute atomic E-state index is 13.5. The minimum absolute atomic E-state index is 0.102. The molecule has 0 spiro atoms. The number of nitrogens with one attached hydrogen (secondary N) is 1. The van der Waals surface area contributed by atoms with Gasteiger partial charge < -0.3 is 15.1 Å². The molecule has 1 saturated heterocycles. The molecule has 5 nitrogen and oxygen atoms in total. The van der Waals surface area contributed by atoms with Gasteiger partial charge in [-0.1, -0.05) is 80.9 Å². The van der Waals surface area contributed by atoms with Crippen molar-refractivity contribution in [3.63, 3.8) is 0 Å². The number of amides is 2. The summed E-state index contributed by atoms with van der Waals surface area (Å²) in [5.41, 5.74) is 2.71. The van der Waals surface area contributed by atoms with Crippen LogP contribution in [0.25, 0.3) is 0 Å². The standard InChI is InChI=1S/C28H35N3O2/c1-3-5-16-26-29-27(32)24(20-31(26)25(4-2)22-14-10-7-11-15-22)28(33)30-18-17-23(19-30)21-12-8-6-9-13-21/h6-15,20,23,25-26H,3-5,16-19H2,1-2H3,(H,29,32)/t23-,25?,26?/m0/s1. The quantitative estimate of drug-likeness (QED) is 0.583. The molecule has 2 aromatic rings. The van der Waals surface area contributed by atoms with E-state index in [1.54, 1.807) is 0 Å². The first-order valence-electron chi connectivity index (χ1n) is 12.3. The first kappa shape index (κ1) is 23.1. The molecular weight excluding hydrogens is 410 g/mol. The number of carbonyl (C=O) groups is 2. The Bertz CT molecular complexity index is 973. The van der Waals surface area contributed by atoms with E-state index in [1.165, 1.54) is 11.1 Å². The Morgan fingerprint density at radius 2 is 1.76 bits per heavy atom. The summed E-state index contributed by atoms with van der Waals surface area (Å²) in [4.78, 5) is 30.6. The van der Waals surface area contributed by atoms with E-state index in [2.05, 4.69) is 48.3 Å². The predicted molar refractivity (Wildman–Crippen MR) is 131 cm³/mol. The minimum atomic E-state index is -0.247. The third-order valence-electron chi connectivity index (χ3n) is 6.92. The molecule has 33 heavy (non-hydrogen) atoms. The van der Waals surface area contributed by atoms with E-state index in [4.69, 9.17) is 0 Å². The van der Waals surface area contributed by atoms with Crippen LogP contribution in [0.1, 0.15) is 69.0 Å². The third kappa shape index (κ3) is 5.13. The van der Waals surface area contributed by atoms with E-state index in [0.717, 1.165) is 32.1 Å². The second-order valence-electron chi connectivity index (χ2n) is 9.10. The van der Waals surface area contributed by atoms with E-state index in [1.807, 2.05) is 47.5 Å². The van der Waals surface area contributed by atoms with Gasteiger partial charge >= 0.3 is 0 Å². The molecule has 2 heterocycles. The SMILES string of the molecule is CCCCC1NC(=O)C(C(=O)N2CC[C@H](c3ccccc3)C2)=CN1C(CC)c1ccccc1. The molecule has 0 aliphatic carbocycles. The molecular formula is C28H35N3O2. The zero-order valence-electron chi connectivity index (χ0n) is 19.7. The molecule has 2 unspecified atom stereocenters. The maximum Gasteiger partial charge on any atom is 0.260 e. The normalized spacial score (nSPS) is 21.5. The van der Waals surface area contributed by atoms with Gasteiger partial charge in [0.05, 0.1) is 6.04 Å². The summed E-state index contributed by atoms with van der Waals surface area (Å²) in [7, 11) is 0. The number of hydrogen-bond acceptors (Lipinski definition) is 3. The van der Waals surface area contributed by atoms with Gasteiger partial charge in [-0.3, -0.25) is 9.59 Å². The molecule has 0 radical (unpaired) electrons. The molecule has 1 N–H and O–H groups in total. The topological polar surface area (TPSA) is 52.7 Å². The van der Waals surface area contributed by atoms with Crippen molar-refractivity contribution in [3.8, 4) is 0 Å². The fraction of sp³-hybridized carbons (Fsp3) is 0.429. The van der Waals surface area contributed by atoms with Gasteiger partial charge in [-0.25, -0.2) is 0 Å². The van der Waals surface area contributed by atoms with Crippen LogP contribution in [0.2, 0.25) is 0 Å². The highest BCUT2D eigenvalue weighted by molar-refractivity contribution is 6.18. The van der Waals surface area contributed by atoms with E-state index in [0.29, 0.717) is 19.0 Å². The van der Waals surface area contributed by atoms with Gasteiger partial charge in [0.15, 0.2) is 0 Å². The van der Waals surface area contributed by atoms with Crippen molar-refractivity contribution >= 4 is 11.8 Å². The molecule has 5 heteroatoms. The van der Waals surface area contributed by atoms with Crippen molar-refractivity contribution in [1.82, 2.24) is 15.1 Å². The smallest absolute Gasteiger partial charge is 0.260 e. The van der Waals surface area contributed by atoms with Crippen LogP contribution < -0.4 is 5.32 Å². The lowest BCUT2D eigenvalue weighted by atomic mass is 9.98. The van der Waals surface area contributed by atoms with Gasteiger partial charge in [0.2, 0.25) is 0 Å². The van der Waals surface area contributed by atoms with Crippen LogP contribution in [-0.4, -0.2) is 40.9 Å². The van der Waals surface area contributed by atoms with E-state index in [-0.39, 0.29) is 29.6 Å². The lowest BCUT2D eigenvalue weighted by Gasteiger charge is -2.41. The summed E-state index contributed by atoms with van der Waals surface area (Å²) in [5, 5.41) is 3.15. The van der Waals surface area contributed by atoms with Gasteiger partial charge in [-0.2, -0.15) is 0 Å². The number of nitrogens with zero attached hydrogens (tertiary/aromatic N) is 2. The third-order valence-corrected chi connectivity index (χ3v) is 6.92. The number of rotatable bonds is 8. The van der Waals surface area contributed by atoms with Crippen molar-refractivity contribution in [2.24, 2.45) is 0 Å². The lowest BCUT2D eigenvalue weighted by molar-refractivity contribution is -0.131. The Hall–Kier alpha value is -3.08. The molecule has 2 aliphatic heterocycles. The van der Waals surface area contributed by atoms with Crippen LogP contribution in [0.15, 0.2) is 72.4 Å². The van der Waals surface area contributed by atoms with Crippen molar-refractivity contribution in [3.05, 3.63) is 83.6 Å². The molecule has 0 bridgehead atoms. The van der Waals surface area contributed by atoms with E-state index >= 15 is 0 Å². The van der Waals surface area contributed by atoms with Crippen molar-refractivity contribution < 1.29 is 9.59 Å². The summed E-state index contributed by atoms with van der Waals surface area (Å²) in [6.07, 6.45) is 6.51. The number of carbonyl (C=O) groups excluding carboxylic acids is 2. The van der Waals surface area contributed by atoms with Crippen LogP contribution in [0.4, 0.5) is 0 Å². The van der Waals surface area contributed by atoms with Crippen LogP contribution >= 0.6 is 0 Å². The second-order valence-corrected chi connectivity index (χ2v) is 9.10. The maximum atomic E-state index is 13.5. The predicted octanol–water partition coefficient (Wildman–Crippen LogP) is 4.99. The number of likely N-dealkylation sites (tertiary alicyclic amines) is 1. The minimum Gasteiger partial charge on any atom is -0.350 e. The van der Waals surface area contributed by atoms with Crippen molar-refractivity contribution in [2.75, 3.05) is 13.1 Å². The van der Waals surface area contributed by atoms with Crippen molar-refractivity contribution in [2.45, 2.75) is 64.1 Å². The summed E-state index contributed by atoms with van der Waals surface area (Å²) in [6.45, 7) is 5.65. The molecule has 0 saturated carbocycles. The van der Waals surface area contributed by atoms with Gasteiger partial charge in [0, 0.05) is 25.2 Å². The average molecular weight is 446 g/mol. The molecule has 4 rings (SSSR count). The lowest BCUT2D eigenvalue weighted by Crippen LogP contribution is -2.53. The Morgan fingerprint density at radius 3 is 2.42 bits per heavy atom. The summed E-state index contributed by atoms with van der Waals surface area (Å²) in [6, 6.07) is 20.8. The Labute approximate surface area is 197 Å². The van der Waals surface area contributed by atoms with E-state index < -0.39 is 0 Å². The van der Waals surface area contributed by atoms with Gasteiger partial charge in [0.1, 0.15) is 11.7 Å². The number of benzene rings is 2. The molecule has 174 valence electrons. The average Bonchev–Trinajstić information content (AvgIpc) is 3.35. The van der Waals surface area contributed by atoms with Gasteiger partial charge in [-0.15, -0.1) is 0 Å². The van der Waals surface area contributed by atoms with E-state index in [9.17, 15) is 9.59 Å². The Balaban J connectivity index is 1.58. The van der Waals surface area contributed by atoms with Crippen LogP contribution in [0, 0.1) is 0 Å². The fourth-order valence-electron chi connectivity index (χ4n) is 5.09. The fourth-order valence-corrected chi connectivity index (χ4v) is 5.09. The molecule has 2 amide bonds. The monoisotopic (exact) mass is 445 g/mol. The summed E-state index contributed by atoms with van der Waals surface area (Å²) in [5.74, 6) is -0.0836. The Kier molecular flexibility index (Phi) is 7.48. The Morgan fingerprint density at radius 1 is 1.06 bits per heavy atom. The first-order chi connectivity index (χ1) is 16.1. The molecule has 2 aromatic carbocycles. The molecule has 2 aliphatic rings. The zero-order valence-corrected chi connectivity index (χ0v) is 19.7. The summed E-state index contributed by atoms with van der Waals surface area (Å²) < 4.78 is 0. The highest BCUT2D eigenvalue weighted by Crippen LogP contribution is 2.32. The van der Waals surface area contributed by atoms with Crippen LogP contribution in [-0.2, 0) is 9.59 Å². The second kappa shape index (κ2) is 10.7. The van der Waals surface area contributed by atoms with Crippen LogP contribution in [0.3, 0.4) is 0 Å². The van der Waals surface area contributed by atoms with Gasteiger partial charge in [-0.05, 0) is 36.8 Å². The molecule has 3 atom stereocenters. The highest BCUT2D eigenvalue weighted by Gasteiger charge is 2.37. The number of hydrogen-bond donors (Lipinski definition) is 1. The number of unbranched alkanes of at least 4 members (excludes halogenated alkanes) is 1. The molecule has 0 aromatic heterocycles. The van der Waals surface area contributed by atoms with Crippen LogP contribution in [0.5, 0.6) is 0 Å². The zero-order chi connectivity index (χ0) is 23.2.